The van der Waals surface area contributed by atoms with E-state index in [1.165, 1.54) is 38.3 Å². The number of aliphatic hydroxyl groups excluding tert-OH is 3. The minimum absolute atomic E-state index is 0.0294. The molecule has 170 valence electrons. The lowest BCUT2D eigenvalue weighted by molar-refractivity contribution is -0.268. The molecule has 32 heavy (non-hydrogen) atoms. The van der Waals surface area contributed by atoms with E-state index in [0.29, 0.717) is 5.39 Å². The van der Waals surface area contributed by atoms with Gasteiger partial charge in [0.1, 0.15) is 24.1 Å². The van der Waals surface area contributed by atoms with Crippen LogP contribution in [0.2, 0.25) is 0 Å². The normalized spacial score (nSPS) is 25.6. The summed E-state index contributed by atoms with van der Waals surface area (Å²) in [6, 6.07) is 8.59. The van der Waals surface area contributed by atoms with Gasteiger partial charge in [-0.1, -0.05) is 0 Å². The van der Waals surface area contributed by atoms with Crippen LogP contribution >= 0.6 is 0 Å². The maximum atomic E-state index is 10.3. The summed E-state index contributed by atoms with van der Waals surface area (Å²) in [7, 11) is 1.31. The van der Waals surface area contributed by atoms with Crippen LogP contribution in [-0.4, -0.2) is 68.5 Å². The minimum Gasteiger partial charge on any atom is -0.508 e. The molecule has 2 aromatic carbocycles. The van der Waals surface area contributed by atoms with Crippen molar-refractivity contribution in [2.45, 2.75) is 37.6 Å². The molecule has 4 rings (SSSR count). The van der Waals surface area contributed by atoms with Gasteiger partial charge in [0.15, 0.2) is 11.5 Å². The first kappa shape index (κ1) is 21.9. The molecule has 0 aliphatic carbocycles. The number of aromatic hydroxyl groups is 3. The summed E-state index contributed by atoms with van der Waals surface area (Å²) in [5, 5.41) is 60.8. The molecular weight excluding hydrogens is 424 g/mol. The van der Waals surface area contributed by atoms with Gasteiger partial charge in [0.25, 0.3) is 0 Å². The van der Waals surface area contributed by atoms with Gasteiger partial charge in [-0.05, 0) is 19.1 Å². The highest BCUT2D eigenvalue weighted by Crippen LogP contribution is 2.44. The van der Waals surface area contributed by atoms with Crippen LogP contribution < -0.4 is 9.47 Å². The summed E-state index contributed by atoms with van der Waals surface area (Å²) >= 11 is 0. The topological polar surface area (TPSA) is 160 Å². The number of aliphatic hydroxyl groups is 3. The van der Waals surface area contributed by atoms with Crippen molar-refractivity contribution in [3.05, 3.63) is 36.4 Å². The summed E-state index contributed by atoms with van der Waals surface area (Å²) in [5.74, 6) is -0.884. The maximum absolute atomic E-state index is 10.3. The Morgan fingerprint density at radius 2 is 1.66 bits per heavy atom. The molecule has 10 nitrogen and oxygen atoms in total. The van der Waals surface area contributed by atoms with Crippen LogP contribution in [0, 0.1) is 0 Å². The zero-order chi connectivity index (χ0) is 23.2. The molecule has 2 heterocycles. The Morgan fingerprint density at radius 3 is 2.38 bits per heavy atom. The summed E-state index contributed by atoms with van der Waals surface area (Å²) in [4.78, 5) is 0. The van der Waals surface area contributed by atoms with Gasteiger partial charge in [0, 0.05) is 18.2 Å². The van der Waals surface area contributed by atoms with Gasteiger partial charge in [0.05, 0.1) is 30.2 Å². The van der Waals surface area contributed by atoms with E-state index in [2.05, 4.69) is 0 Å². The van der Waals surface area contributed by atoms with Crippen LogP contribution in [0.5, 0.6) is 28.7 Å². The Balaban J connectivity index is 1.85. The lowest BCUT2D eigenvalue weighted by Crippen LogP contribution is -2.58. The van der Waals surface area contributed by atoms with Gasteiger partial charge >= 0.3 is 11.3 Å². The molecule has 6 N–H and O–H groups in total. The van der Waals surface area contributed by atoms with Crippen molar-refractivity contribution in [3.8, 4) is 40.1 Å². The van der Waals surface area contributed by atoms with Crippen LogP contribution in [0.3, 0.4) is 0 Å². The Kier molecular flexibility index (Phi) is 5.70. The van der Waals surface area contributed by atoms with Crippen molar-refractivity contribution >= 4 is 11.0 Å². The fourth-order valence-electron chi connectivity index (χ4n) is 3.50. The molecule has 1 aliphatic rings. The van der Waals surface area contributed by atoms with Crippen molar-refractivity contribution in [1.82, 2.24) is 0 Å². The molecule has 10 heteroatoms. The molecule has 0 saturated carbocycles. The summed E-state index contributed by atoms with van der Waals surface area (Å²) < 4.78 is 22.4. The number of fused-ring (bicyclic) bond motifs is 1. The van der Waals surface area contributed by atoms with Crippen LogP contribution in [-0.2, 0) is 4.74 Å². The molecule has 3 aromatic rings. The highest BCUT2D eigenvalue weighted by atomic mass is 16.7. The lowest BCUT2D eigenvalue weighted by atomic mass is 10.00. The number of hydrogen-bond acceptors (Lipinski definition) is 9. The first-order valence-electron chi connectivity index (χ1n) is 9.76. The van der Waals surface area contributed by atoms with Gasteiger partial charge in [-0.25, -0.2) is 4.42 Å². The second-order valence-corrected chi connectivity index (χ2v) is 7.51. The molecule has 5 atom stereocenters. The molecule has 1 saturated heterocycles. The predicted molar refractivity (Wildman–Crippen MR) is 111 cm³/mol. The second kappa shape index (κ2) is 8.32. The number of hydrogen-bond donors (Lipinski definition) is 6. The van der Waals surface area contributed by atoms with E-state index in [4.69, 9.17) is 18.6 Å². The van der Waals surface area contributed by atoms with Crippen molar-refractivity contribution < 1.29 is 49.3 Å². The smallest absolute Gasteiger partial charge is 0.402 e. The molecule has 1 fully saturated rings. The molecular formula is C22H23O10+. The molecule has 0 spiro atoms. The Bertz CT molecular complexity index is 1150. The van der Waals surface area contributed by atoms with Crippen LogP contribution in [0.15, 0.2) is 40.8 Å². The third-order valence-corrected chi connectivity index (χ3v) is 5.31. The van der Waals surface area contributed by atoms with E-state index < -0.39 is 42.2 Å². The van der Waals surface area contributed by atoms with Gasteiger partial charge in [-0.15, -0.1) is 0 Å². The quantitative estimate of drug-likeness (QED) is 0.257. The predicted octanol–water partition coefficient (Wildman–Crippen LogP) is 1.71. The highest BCUT2D eigenvalue weighted by molar-refractivity contribution is 5.84. The molecule has 0 amide bonds. The number of rotatable bonds is 4. The third kappa shape index (κ3) is 3.84. The molecule has 0 bridgehead atoms. The van der Waals surface area contributed by atoms with Gasteiger partial charge in [-0.3, -0.25) is 0 Å². The summed E-state index contributed by atoms with van der Waals surface area (Å²) in [5.41, 5.74) is 0.532. The van der Waals surface area contributed by atoms with E-state index >= 15 is 0 Å². The Morgan fingerprint density at radius 1 is 0.906 bits per heavy atom. The van der Waals surface area contributed by atoms with E-state index in [1.54, 1.807) is 12.1 Å². The summed E-state index contributed by atoms with van der Waals surface area (Å²) in [6.45, 7) is 1.52. The lowest BCUT2D eigenvalue weighted by Gasteiger charge is -2.38. The van der Waals surface area contributed by atoms with Crippen molar-refractivity contribution in [1.29, 1.82) is 0 Å². The number of phenols is 3. The second-order valence-electron chi connectivity index (χ2n) is 7.51. The monoisotopic (exact) mass is 447 g/mol. The average Bonchev–Trinajstić information content (AvgIpc) is 2.77. The van der Waals surface area contributed by atoms with E-state index in [1.807, 2.05) is 0 Å². The zero-order valence-electron chi connectivity index (χ0n) is 17.2. The average molecular weight is 447 g/mol. The molecule has 5 unspecified atom stereocenters. The summed E-state index contributed by atoms with van der Waals surface area (Å²) in [6.07, 6.45) is -6.54. The van der Waals surface area contributed by atoms with Crippen LogP contribution in [0.25, 0.3) is 22.3 Å². The minimum atomic E-state index is -1.56. The van der Waals surface area contributed by atoms with Gasteiger partial charge in [0.2, 0.25) is 17.8 Å². The Hall–Kier alpha value is -3.31. The largest absolute Gasteiger partial charge is 0.508 e. The third-order valence-electron chi connectivity index (χ3n) is 5.31. The number of phenolic OH excluding ortho intramolecular Hbond substituents is 3. The fourth-order valence-corrected chi connectivity index (χ4v) is 3.50. The Labute approximate surface area is 182 Å². The van der Waals surface area contributed by atoms with Crippen molar-refractivity contribution in [2.75, 3.05) is 7.11 Å². The SMILES string of the molecule is COc1cc(-c2[o+]c3cc(O)ccc3cc2OC2OC(C)C(O)C(O)C2O)cc(O)c1O. The van der Waals surface area contributed by atoms with Gasteiger partial charge in [-0.2, -0.15) is 0 Å². The fraction of sp³-hybridized carbons (Fsp3) is 0.318. The first-order chi connectivity index (χ1) is 15.2. The zero-order valence-corrected chi connectivity index (χ0v) is 17.2. The van der Waals surface area contributed by atoms with Crippen molar-refractivity contribution in [3.63, 3.8) is 0 Å². The van der Waals surface area contributed by atoms with Gasteiger partial charge < -0.3 is 44.8 Å². The maximum Gasteiger partial charge on any atom is 0.402 e. The van der Waals surface area contributed by atoms with Crippen molar-refractivity contribution in [2.24, 2.45) is 0 Å². The van der Waals surface area contributed by atoms with E-state index in [9.17, 15) is 30.6 Å². The van der Waals surface area contributed by atoms with Crippen LogP contribution in [0.1, 0.15) is 6.92 Å². The van der Waals surface area contributed by atoms with E-state index in [-0.39, 0.29) is 34.2 Å². The first-order valence-corrected chi connectivity index (χ1v) is 9.76. The van der Waals surface area contributed by atoms with Crippen LogP contribution in [0.4, 0.5) is 0 Å². The van der Waals surface area contributed by atoms with E-state index in [0.717, 1.165) is 0 Å². The number of methoxy groups -OCH3 is 1. The standard InChI is InChI=1S/C22H22O10/c1-9-17(25)19(27)20(28)22(30-9)32-16-6-10-3-4-12(23)8-14(10)31-21(16)11-5-13(24)18(26)15(7-11)29-2/h3-9,17,19-20,22,25,27-28H,1-2H3,(H2-,23,24,26)/p+1. The molecule has 0 radical (unpaired) electrons. The molecule has 1 aromatic heterocycles. The highest BCUT2D eigenvalue weighted by Gasteiger charge is 2.44. The number of ether oxygens (including phenoxy) is 3. The molecule has 1 aliphatic heterocycles. The number of benzene rings is 2.